The Morgan fingerprint density at radius 3 is 2.93 bits per heavy atom. The quantitative estimate of drug-likeness (QED) is 0.496. The number of nitrogens with zero attached hydrogens (tertiary/aromatic N) is 5. The number of hydrogen-bond donors (Lipinski definition) is 0. The van der Waals surface area contributed by atoms with Crippen molar-refractivity contribution in [3.05, 3.63) is 45.8 Å². The molecule has 1 saturated heterocycles. The number of aromatic nitrogens is 5. The van der Waals surface area contributed by atoms with Gasteiger partial charge in [0.05, 0.1) is 23.7 Å². The van der Waals surface area contributed by atoms with Crippen LogP contribution < -0.4 is 5.56 Å². The highest BCUT2D eigenvalue weighted by Crippen LogP contribution is 2.47. The Bertz CT molecular complexity index is 1340. The molecule has 0 spiro atoms. The molecule has 2 fully saturated rings. The van der Waals surface area contributed by atoms with Gasteiger partial charge >= 0.3 is 0 Å². The first kappa shape index (κ1) is 18.1. The highest BCUT2D eigenvalue weighted by Gasteiger charge is 2.44. The molecule has 1 aromatic carbocycles. The van der Waals surface area contributed by atoms with Crippen LogP contribution in [0.1, 0.15) is 38.5 Å². The molecule has 4 aromatic rings. The molecule has 8 nitrogen and oxygen atoms in total. The predicted molar refractivity (Wildman–Crippen MR) is 111 cm³/mol. The maximum absolute atomic E-state index is 13.6. The molecule has 3 aromatic heterocycles. The van der Waals surface area contributed by atoms with Gasteiger partial charge in [-0.2, -0.15) is 4.98 Å². The predicted octanol–water partition coefficient (Wildman–Crippen LogP) is 3.58. The number of halogens is 1. The SMILES string of the molecule is CC1(c2nc(-c3ncn4c3c(=O)n(CC3CCCO3)c3cc(Cl)ccc34)no2)CC1. The van der Waals surface area contributed by atoms with E-state index in [1.54, 1.807) is 15.3 Å². The van der Waals surface area contributed by atoms with Crippen LogP contribution in [-0.4, -0.2) is 36.8 Å². The normalized spacial score (nSPS) is 20.4. The summed E-state index contributed by atoms with van der Waals surface area (Å²) in [6.45, 7) is 3.29. The molecule has 1 atom stereocenters. The van der Waals surface area contributed by atoms with E-state index in [0.29, 0.717) is 34.5 Å². The molecule has 0 N–H and O–H groups in total. The molecule has 0 amide bonds. The molecular formula is C21H20ClN5O3. The first-order valence-electron chi connectivity index (χ1n) is 10.2. The maximum atomic E-state index is 13.6. The number of benzene rings is 1. The van der Waals surface area contributed by atoms with Gasteiger partial charge in [-0.15, -0.1) is 0 Å². The highest BCUT2D eigenvalue weighted by molar-refractivity contribution is 6.31. The number of fused-ring (bicyclic) bond motifs is 3. The van der Waals surface area contributed by atoms with Crippen molar-refractivity contribution in [2.24, 2.45) is 0 Å². The summed E-state index contributed by atoms with van der Waals surface area (Å²) in [5, 5.41) is 4.70. The third kappa shape index (κ3) is 2.70. The molecule has 2 aliphatic rings. The molecule has 1 aliphatic carbocycles. The van der Waals surface area contributed by atoms with Crippen LogP contribution in [0.15, 0.2) is 33.8 Å². The van der Waals surface area contributed by atoms with E-state index in [1.165, 1.54) is 0 Å². The number of ether oxygens (including phenoxy) is 1. The Morgan fingerprint density at radius 1 is 1.30 bits per heavy atom. The van der Waals surface area contributed by atoms with Crippen LogP contribution in [0.4, 0.5) is 0 Å². The topological polar surface area (TPSA) is 87.5 Å². The zero-order chi connectivity index (χ0) is 20.5. The van der Waals surface area contributed by atoms with Gasteiger partial charge < -0.3 is 13.8 Å². The second-order valence-electron chi connectivity index (χ2n) is 8.48. The molecule has 30 heavy (non-hydrogen) atoms. The standard InChI is InChI=1S/C21H20ClN5O3/c1-21(6-7-21)20-24-18(25-30-20)16-17-19(28)26(10-13-3-2-8-29-13)15-9-12(22)4-5-14(15)27(17)11-23-16/h4-5,9,11,13H,2-3,6-8,10H2,1H3. The second kappa shape index (κ2) is 6.39. The molecule has 1 aliphatic heterocycles. The van der Waals surface area contributed by atoms with Gasteiger partial charge in [0.2, 0.25) is 11.7 Å². The fourth-order valence-corrected chi connectivity index (χ4v) is 4.36. The van der Waals surface area contributed by atoms with Crippen LogP contribution in [0, 0.1) is 0 Å². The lowest BCUT2D eigenvalue weighted by molar-refractivity contribution is 0.0973. The lowest BCUT2D eigenvalue weighted by Crippen LogP contribution is -2.28. The van der Waals surface area contributed by atoms with E-state index in [1.807, 2.05) is 18.2 Å². The molecule has 4 heterocycles. The van der Waals surface area contributed by atoms with Gasteiger partial charge in [-0.1, -0.05) is 23.7 Å². The van der Waals surface area contributed by atoms with Gasteiger partial charge in [0.15, 0.2) is 0 Å². The summed E-state index contributed by atoms with van der Waals surface area (Å²) in [7, 11) is 0. The van der Waals surface area contributed by atoms with Crippen molar-refractivity contribution in [1.29, 1.82) is 0 Å². The molecule has 154 valence electrons. The summed E-state index contributed by atoms with van der Waals surface area (Å²) in [4.78, 5) is 22.7. The van der Waals surface area contributed by atoms with Crippen LogP contribution in [-0.2, 0) is 16.7 Å². The molecular weight excluding hydrogens is 406 g/mol. The fraction of sp³-hybridized carbons (Fsp3) is 0.429. The molecule has 0 radical (unpaired) electrons. The molecule has 6 rings (SSSR count). The molecule has 0 bridgehead atoms. The van der Waals surface area contributed by atoms with E-state index in [4.69, 9.17) is 20.9 Å². The third-order valence-electron chi connectivity index (χ3n) is 6.27. The smallest absolute Gasteiger partial charge is 0.277 e. The largest absolute Gasteiger partial charge is 0.376 e. The minimum atomic E-state index is -0.170. The van der Waals surface area contributed by atoms with Crippen molar-refractivity contribution < 1.29 is 9.26 Å². The minimum absolute atomic E-state index is 0.00490. The zero-order valence-electron chi connectivity index (χ0n) is 16.5. The van der Waals surface area contributed by atoms with Crippen LogP contribution in [0.3, 0.4) is 0 Å². The van der Waals surface area contributed by atoms with Crippen molar-refractivity contribution in [3.8, 4) is 11.5 Å². The number of hydrogen-bond acceptors (Lipinski definition) is 6. The molecule has 1 unspecified atom stereocenters. The van der Waals surface area contributed by atoms with E-state index in [2.05, 4.69) is 22.0 Å². The summed E-state index contributed by atoms with van der Waals surface area (Å²) >= 11 is 6.26. The molecule has 9 heteroatoms. The lowest BCUT2D eigenvalue weighted by atomic mass is 10.1. The van der Waals surface area contributed by atoms with Gasteiger partial charge in [0, 0.05) is 17.0 Å². The van der Waals surface area contributed by atoms with Crippen LogP contribution in [0.5, 0.6) is 0 Å². The monoisotopic (exact) mass is 425 g/mol. The van der Waals surface area contributed by atoms with Gasteiger partial charge in [-0.25, -0.2) is 4.98 Å². The van der Waals surface area contributed by atoms with Crippen molar-refractivity contribution in [1.82, 2.24) is 24.1 Å². The van der Waals surface area contributed by atoms with Crippen molar-refractivity contribution in [2.45, 2.75) is 50.7 Å². The zero-order valence-corrected chi connectivity index (χ0v) is 17.2. The first-order chi connectivity index (χ1) is 14.5. The maximum Gasteiger partial charge on any atom is 0.277 e. The summed E-state index contributed by atoms with van der Waals surface area (Å²) in [5.41, 5.74) is 2.22. The van der Waals surface area contributed by atoms with Crippen molar-refractivity contribution >= 4 is 28.2 Å². The summed E-state index contributed by atoms with van der Waals surface area (Å²) in [5.74, 6) is 0.945. The van der Waals surface area contributed by atoms with E-state index in [-0.39, 0.29) is 17.1 Å². The van der Waals surface area contributed by atoms with E-state index in [0.717, 1.165) is 43.3 Å². The van der Waals surface area contributed by atoms with Crippen molar-refractivity contribution in [2.75, 3.05) is 6.61 Å². The number of rotatable bonds is 4. The summed E-state index contributed by atoms with van der Waals surface area (Å²) in [6, 6.07) is 5.52. The Labute approximate surface area is 176 Å². The summed E-state index contributed by atoms with van der Waals surface area (Å²) in [6.07, 6.45) is 5.62. The Morgan fingerprint density at radius 2 is 2.17 bits per heavy atom. The average molecular weight is 426 g/mol. The fourth-order valence-electron chi connectivity index (χ4n) is 4.19. The van der Waals surface area contributed by atoms with Gasteiger partial charge in [0.1, 0.15) is 17.5 Å². The van der Waals surface area contributed by atoms with Crippen LogP contribution in [0.2, 0.25) is 5.02 Å². The Balaban J connectivity index is 1.58. The highest BCUT2D eigenvalue weighted by atomic mass is 35.5. The van der Waals surface area contributed by atoms with Crippen LogP contribution in [0.25, 0.3) is 28.1 Å². The Hall–Kier alpha value is -2.71. The molecule has 1 saturated carbocycles. The minimum Gasteiger partial charge on any atom is -0.376 e. The third-order valence-corrected chi connectivity index (χ3v) is 6.50. The van der Waals surface area contributed by atoms with Gasteiger partial charge in [-0.3, -0.25) is 9.20 Å². The van der Waals surface area contributed by atoms with Crippen molar-refractivity contribution in [3.63, 3.8) is 0 Å². The lowest BCUT2D eigenvalue weighted by Gasteiger charge is -2.16. The van der Waals surface area contributed by atoms with Gasteiger partial charge in [0.25, 0.3) is 5.56 Å². The summed E-state index contributed by atoms with van der Waals surface area (Å²) < 4.78 is 14.8. The van der Waals surface area contributed by atoms with E-state index < -0.39 is 0 Å². The Kier molecular flexibility index (Phi) is 3.85. The van der Waals surface area contributed by atoms with Gasteiger partial charge in [-0.05, 0) is 43.9 Å². The second-order valence-corrected chi connectivity index (χ2v) is 8.92. The number of imidazole rings is 1. The van der Waals surface area contributed by atoms with E-state index in [9.17, 15) is 4.79 Å². The average Bonchev–Trinajstić information content (AvgIpc) is 3.21. The van der Waals surface area contributed by atoms with Crippen LogP contribution >= 0.6 is 11.6 Å². The first-order valence-corrected chi connectivity index (χ1v) is 10.6. The van der Waals surface area contributed by atoms with E-state index >= 15 is 0 Å².